The van der Waals surface area contributed by atoms with Crippen LogP contribution in [-0.2, 0) is 10.3 Å². The Hall–Kier alpha value is -4.35. The van der Waals surface area contributed by atoms with Gasteiger partial charge in [0.1, 0.15) is 17.1 Å². The number of benzene rings is 2. The van der Waals surface area contributed by atoms with Crippen LogP contribution in [-0.4, -0.2) is 34.7 Å². The van der Waals surface area contributed by atoms with Gasteiger partial charge in [0.25, 0.3) is 22.9 Å². The van der Waals surface area contributed by atoms with E-state index in [0.717, 1.165) is 4.57 Å². The fourth-order valence-corrected chi connectivity index (χ4v) is 3.61. The van der Waals surface area contributed by atoms with Gasteiger partial charge in [-0.25, -0.2) is 9.36 Å². The minimum atomic E-state index is -5.44. The molecule has 0 radical (unpaired) electrons. The second-order valence-corrected chi connectivity index (χ2v) is 7.04. The predicted molar refractivity (Wildman–Crippen MR) is 109 cm³/mol. The van der Waals surface area contributed by atoms with E-state index in [1.165, 1.54) is 55.6 Å². The number of rotatable bonds is 4. The van der Waals surface area contributed by atoms with Gasteiger partial charge in [0.15, 0.2) is 0 Å². The third kappa shape index (κ3) is 3.35. The molecule has 1 aliphatic rings. The van der Waals surface area contributed by atoms with Crippen molar-refractivity contribution in [2.24, 2.45) is 0 Å². The number of carbonyl (C=O) groups excluding carboxylic acids is 2. The summed E-state index contributed by atoms with van der Waals surface area (Å²) < 4.78 is 49.0. The molecule has 0 spiro atoms. The Morgan fingerprint density at radius 3 is 2.39 bits per heavy atom. The predicted octanol–water partition coefficient (Wildman–Crippen LogP) is 1.67. The topological polar surface area (TPSA) is 122 Å². The Morgan fingerprint density at radius 1 is 1.06 bits per heavy atom. The first-order chi connectivity index (χ1) is 15.6. The molecule has 0 fully saturated rings. The number of anilines is 1. The van der Waals surface area contributed by atoms with E-state index in [1.807, 2.05) is 5.32 Å². The zero-order chi connectivity index (χ0) is 24.0. The largest absolute Gasteiger partial charge is 0.497 e. The molecule has 0 saturated heterocycles. The van der Waals surface area contributed by atoms with Crippen molar-refractivity contribution in [2.45, 2.75) is 11.7 Å². The van der Waals surface area contributed by atoms with Crippen molar-refractivity contribution >= 4 is 17.6 Å². The summed E-state index contributed by atoms with van der Waals surface area (Å²) >= 11 is 0. The molecule has 0 aliphatic carbocycles. The number of aromatic nitrogens is 2. The maximum atomic E-state index is 14.4. The molecule has 1 atom stereocenters. The van der Waals surface area contributed by atoms with Crippen molar-refractivity contribution in [3.8, 4) is 11.4 Å². The lowest BCUT2D eigenvalue weighted by molar-refractivity contribution is -0.196. The van der Waals surface area contributed by atoms with E-state index in [-0.39, 0.29) is 17.0 Å². The van der Waals surface area contributed by atoms with Crippen molar-refractivity contribution in [3.63, 3.8) is 0 Å². The summed E-state index contributed by atoms with van der Waals surface area (Å²) in [6.45, 7) is 0. The molecule has 1 aromatic heterocycles. The zero-order valence-corrected chi connectivity index (χ0v) is 16.8. The minimum absolute atomic E-state index is 0.0902. The van der Waals surface area contributed by atoms with Crippen molar-refractivity contribution in [2.75, 3.05) is 12.4 Å². The van der Waals surface area contributed by atoms with Crippen LogP contribution in [0.15, 0.2) is 64.2 Å². The number of ether oxygens (including phenoxy) is 1. The number of nitrogens with one attached hydrogen (secondary N) is 3. The van der Waals surface area contributed by atoms with Gasteiger partial charge in [-0.1, -0.05) is 24.3 Å². The molecule has 2 heterocycles. The van der Waals surface area contributed by atoms with Gasteiger partial charge in [0.2, 0.25) is 0 Å². The van der Waals surface area contributed by atoms with Gasteiger partial charge >= 0.3 is 11.9 Å². The lowest BCUT2D eigenvalue weighted by Crippen LogP contribution is -2.62. The summed E-state index contributed by atoms with van der Waals surface area (Å²) in [5.74, 6) is -3.52. The quantitative estimate of drug-likeness (QED) is 0.547. The van der Waals surface area contributed by atoms with Gasteiger partial charge in [-0.2, -0.15) is 13.2 Å². The molecule has 2 aromatic carbocycles. The third-order valence-electron chi connectivity index (χ3n) is 5.13. The Balaban J connectivity index is 1.95. The highest BCUT2D eigenvalue weighted by molar-refractivity contribution is 6.09. The number of methoxy groups -OCH3 is 1. The number of para-hydroxylation sites is 1. The van der Waals surface area contributed by atoms with E-state index in [4.69, 9.17) is 4.74 Å². The number of hydrogen-bond acceptors (Lipinski definition) is 5. The molecule has 1 aliphatic heterocycles. The number of amides is 2. The molecule has 2 amide bonds. The Morgan fingerprint density at radius 2 is 1.76 bits per heavy atom. The summed E-state index contributed by atoms with van der Waals surface area (Å²) in [6.07, 6.45) is -5.44. The average molecular weight is 460 g/mol. The van der Waals surface area contributed by atoms with E-state index >= 15 is 0 Å². The first-order valence-corrected chi connectivity index (χ1v) is 9.40. The first kappa shape index (κ1) is 21.9. The Labute approximate surface area is 182 Å². The van der Waals surface area contributed by atoms with Crippen LogP contribution in [0.25, 0.3) is 5.69 Å². The standard InChI is InChI=1S/C21H15F3N4O5/c1-33-13-9-5-6-11(10-13)16(29)27-20(21(22,23)24)14-15(25-18(20)31)28(19(32)26-17(14)30)12-7-3-2-4-8-12/h2-10H,1H3,(H,25,31)(H,27,29)(H,26,30,32). The maximum absolute atomic E-state index is 14.4. The summed E-state index contributed by atoms with van der Waals surface area (Å²) in [6, 6.07) is 12.6. The number of halogens is 3. The molecule has 0 saturated carbocycles. The Bertz CT molecular complexity index is 1380. The molecule has 3 aromatic rings. The van der Waals surface area contributed by atoms with Crippen LogP contribution in [0.1, 0.15) is 15.9 Å². The van der Waals surface area contributed by atoms with Gasteiger partial charge in [-0.05, 0) is 30.3 Å². The molecule has 170 valence electrons. The van der Waals surface area contributed by atoms with Crippen LogP contribution < -0.4 is 26.6 Å². The highest BCUT2D eigenvalue weighted by atomic mass is 19.4. The van der Waals surface area contributed by atoms with Gasteiger partial charge in [0, 0.05) is 5.56 Å². The number of carbonyl (C=O) groups is 2. The van der Waals surface area contributed by atoms with Crippen molar-refractivity contribution in [1.82, 2.24) is 14.9 Å². The highest BCUT2D eigenvalue weighted by Crippen LogP contribution is 2.45. The molecule has 0 bridgehead atoms. The van der Waals surface area contributed by atoms with Crippen LogP contribution >= 0.6 is 0 Å². The highest BCUT2D eigenvalue weighted by Gasteiger charge is 2.68. The molecular formula is C21H15F3N4O5. The normalized spacial score (nSPS) is 17.3. The number of aromatic amines is 1. The monoisotopic (exact) mass is 460 g/mol. The summed E-state index contributed by atoms with van der Waals surface area (Å²) in [5.41, 5.74) is -7.59. The molecule has 9 nitrogen and oxygen atoms in total. The molecule has 3 N–H and O–H groups in total. The lowest BCUT2D eigenvalue weighted by atomic mass is 9.91. The van der Waals surface area contributed by atoms with Crippen LogP contribution in [0.5, 0.6) is 5.75 Å². The fourth-order valence-electron chi connectivity index (χ4n) is 3.61. The van der Waals surface area contributed by atoms with Gasteiger partial charge < -0.3 is 15.4 Å². The Kier molecular flexibility index (Phi) is 5.07. The lowest BCUT2D eigenvalue weighted by Gasteiger charge is -2.30. The van der Waals surface area contributed by atoms with Crippen LogP contribution in [0.2, 0.25) is 0 Å². The molecule has 1 unspecified atom stereocenters. The van der Waals surface area contributed by atoms with Crippen molar-refractivity contribution in [1.29, 1.82) is 0 Å². The SMILES string of the molecule is COc1cccc(C(=O)NC2(C(F)(F)F)C(=O)Nc3c2c(=O)[nH]c(=O)n3-c2ccccc2)c1. The van der Waals surface area contributed by atoms with Gasteiger partial charge in [0.05, 0.1) is 12.8 Å². The fraction of sp³-hybridized carbons (Fsp3) is 0.143. The van der Waals surface area contributed by atoms with E-state index in [0.29, 0.717) is 0 Å². The number of H-pyrrole nitrogens is 1. The number of alkyl halides is 3. The first-order valence-electron chi connectivity index (χ1n) is 9.40. The average Bonchev–Trinajstić information content (AvgIpc) is 3.07. The number of hydrogen-bond donors (Lipinski definition) is 3. The van der Waals surface area contributed by atoms with Crippen molar-refractivity contribution in [3.05, 3.63) is 86.6 Å². The summed E-state index contributed by atoms with van der Waals surface area (Å²) in [4.78, 5) is 52.4. The molecular weight excluding hydrogens is 445 g/mol. The maximum Gasteiger partial charge on any atom is 0.425 e. The minimum Gasteiger partial charge on any atom is -0.497 e. The van der Waals surface area contributed by atoms with E-state index in [9.17, 15) is 32.3 Å². The molecule has 33 heavy (non-hydrogen) atoms. The van der Waals surface area contributed by atoms with Crippen molar-refractivity contribution < 1.29 is 27.5 Å². The van der Waals surface area contributed by atoms with Crippen LogP contribution in [0.4, 0.5) is 19.0 Å². The summed E-state index contributed by atoms with van der Waals surface area (Å²) in [7, 11) is 1.30. The third-order valence-corrected chi connectivity index (χ3v) is 5.13. The van der Waals surface area contributed by atoms with Gasteiger partial charge in [-0.3, -0.25) is 19.4 Å². The molecule has 12 heteroatoms. The smallest absolute Gasteiger partial charge is 0.425 e. The number of fused-ring (bicyclic) bond motifs is 1. The molecule has 4 rings (SSSR count). The van der Waals surface area contributed by atoms with E-state index in [2.05, 4.69) is 0 Å². The van der Waals surface area contributed by atoms with Crippen LogP contribution in [0, 0.1) is 0 Å². The zero-order valence-electron chi connectivity index (χ0n) is 16.8. The number of nitrogens with zero attached hydrogens (tertiary/aromatic N) is 1. The second-order valence-electron chi connectivity index (χ2n) is 7.04. The summed E-state index contributed by atoms with van der Waals surface area (Å²) in [5, 5.41) is 3.65. The second kappa shape index (κ2) is 7.65. The van der Waals surface area contributed by atoms with E-state index in [1.54, 1.807) is 16.4 Å². The van der Waals surface area contributed by atoms with E-state index < -0.39 is 46.2 Å². The van der Waals surface area contributed by atoms with Gasteiger partial charge in [-0.15, -0.1) is 0 Å². The van der Waals surface area contributed by atoms with Crippen LogP contribution in [0.3, 0.4) is 0 Å².